The fraction of sp³-hybridized carbons (Fsp3) is 0.583. The largest absolute Gasteiger partial charge is 0.364 e. The van der Waals surface area contributed by atoms with Crippen LogP contribution in [0.3, 0.4) is 0 Å². The first-order valence-electron chi connectivity index (χ1n) is 11.5. The molecule has 7 nitrogen and oxygen atoms in total. The van der Waals surface area contributed by atoms with E-state index in [4.69, 9.17) is 9.97 Å². The molecule has 0 aliphatic carbocycles. The molecule has 0 fully saturated rings. The maximum absolute atomic E-state index is 4.80. The number of anilines is 2. The summed E-state index contributed by atoms with van der Waals surface area (Å²) in [6, 6.07) is 2.69. The third kappa shape index (κ3) is 5.93. The molecule has 3 aromatic rings. The van der Waals surface area contributed by atoms with Crippen molar-refractivity contribution in [3.05, 3.63) is 35.4 Å². The highest BCUT2D eigenvalue weighted by Gasteiger charge is 2.18. The quantitative estimate of drug-likeness (QED) is 0.467. The molecule has 0 aliphatic heterocycles. The van der Waals surface area contributed by atoms with E-state index in [1.165, 1.54) is 5.56 Å². The van der Waals surface area contributed by atoms with Crippen LogP contribution in [0, 0.1) is 19.8 Å². The van der Waals surface area contributed by atoms with Crippen LogP contribution >= 0.6 is 0 Å². The Morgan fingerprint density at radius 2 is 1.74 bits per heavy atom. The maximum Gasteiger partial charge on any atom is 0.227 e. The van der Waals surface area contributed by atoms with E-state index in [2.05, 4.69) is 72.8 Å². The van der Waals surface area contributed by atoms with Crippen LogP contribution in [0.2, 0.25) is 0 Å². The lowest BCUT2D eigenvalue weighted by molar-refractivity contribution is 0.508. The molecule has 3 heterocycles. The Bertz CT molecular complexity index is 975. The van der Waals surface area contributed by atoms with Crippen molar-refractivity contribution >= 4 is 22.9 Å². The first-order valence-corrected chi connectivity index (χ1v) is 11.5. The van der Waals surface area contributed by atoms with E-state index in [9.17, 15) is 0 Å². The van der Waals surface area contributed by atoms with Crippen molar-refractivity contribution in [3.63, 3.8) is 0 Å². The SMILES string of the molecule is CC.CC[C@H](Nc1nc(NCc2cnc(C)cc2C)c2ncn(C(C)C)c2n1)C(C)C. The van der Waals surface area contributed by atoms with Crippen LogP contribution in [0.15, 0.2) is 18.6 Å². The number of rotatable bonds is 8. The highest BCUT2D eigenvalue weighted by Crippen LogP contribution is 2.25. The fourth-order valence-corrected chi connectivity index (χ4v) is 3.48. The summed E-state index contributed by atoms with van der Waals surface area (Å²) in [6.45, 7) is 19.6. The Balaban J connectivity index is 0.00000166. The lowest BCUT2D eigenvalue weighted by Gasteiger charge is -2.21. The van der Waals surface area contributed by atoms with E-state index in [1.54, 1.807) is 0 Å². The lowest BCUT2D eigenvalue weighted by atomic mass is 10.0. The Hall–Kier alpha value is -2.70. The monoisotopic (exact) mass is 425 g/mol. The molecule has 0 unspecified atom stereocenters. The van der Waals surface area contributed by atoms with E-state index >= 15 is 0 Å². The number of nitrogens with zero attached hydrogens (tertiary/aromatic N) is 5. The van der Waals surface area contributed by atoms with Gasteiger partial charge >= 0.3 is 0 Å². The standard InChI is InChI=1S/C22H33N7.C2H6/c1-8-18(13(2)3)26-22-27-20(19-21(28-22)29(12-25-19)14(4)5)24-11-17-10-23-16(7)9-15(17)6;1-2/h9-10,12-14,18H,8,11H2,1-7H3,(H2,24,26,27,28);1-2H3/t18-;/m0./s1. The van der Waals surface area contributed by atoms with Crippen molar-refractivity contribution in [2.24, 2.45) is 5.92 Å². The van der Waals surface area contributed by atoms with Gasteiger partial charge in [-0.3, -0.25) is 4.98 Å². The van der Waals surface area contributed by atoms with Crippen LogP contribution in [0.1, 0.15) is 77.7 Å². The molecule has 1 atom stereocenters. The van der Waals surface area contributed by atoms with Crippen molar-refractivity contribution in [2.45, 2.75) is 87.4 Å². The van der Waals surface area contributed by atoms with Crippen LogP contribution in [-0.4, -0.2) is 30.5 Å². The number of nitrogens with one attached hydrogen (secondary N) is 2. The summed E-state index contributed by atoms with van der Waals surface area (Å²) in [6.07, 6.45) is 4.78. The Morgan fingerprint density at radius 3 is 2.32 bits per heavy atom. The minimum atomic E-state index is 0.270. The molecule has 0 spiro atoms. The number of fused-ring (bicyclic) bond motifs is 1. The molecule has 31 heavy (non-hydrogen) atoms. The van der Waals surface area contributed by atoms with Gasteiger partial charge in [0.05, 0.1) is 6.33 Å². The van der Waals surface area contributed by atoms with Gasteiger partial charge in [0, 0.05) is 30.5 Å². The normalized spacial score (nSPS) is 12.1. The molecule has 170 valence electrons. The van der Waals surface area contributed by atoms with Gasteiger partial charge in [-0.1, -0.05) is 34.6 Å². The lowest BCUT2D eigenvalue weighted by Crippen LogP contribution is -2.26. The predicted molar refractivity (Wildman–Crippen MR) is 131 cm³/mol. The minimum Gasteiger partial charge on any atom is -0.364 e. The van der Waals surface area contributed by atoms with Gasteiger partial charge in [0.2, 0.25) is 5.95 Å². The molecule has 0 amide bonds. The number of hydrogen-bond donors (Lipinski definition) is 2. The van der Waals surface area contributed by atoms with Gasteiger partial charge < -0.3 is 15.2 Å². The third-order valence-corrected chi connectivity index (χ3v) is 5.34. The summed E-state index contributed by atoms with van der Waals surface area (Å²) in [5.74, 6) is 1.88. The number of aryl methyl sites for hydroxylation is 2. The molecule has 0 radical (unpaired) electrons. The van der Waals surface area contributed by atoms with Gasteiger partial charge in [-0.25, -0.2) is 4.98 Å². The van der Waals surface area contributed by atoms with Gasteiger partial charge in [0.15, 0.2) is 17.0 Å². The summed E-state index contributed by atoms with van der Waals surface area (Å²) in [7, 11) is 0. The van der Waals surface area contributed by atoms with Gasteiger partial charge in [-0.2, -0.15) is 9.97 Å². The zero-order valence-corrected chi connectivity index (χ0v) is 20.6. The maximum atomic E-state index is 4.80. The van der Waals surface area contributed by atoms with Gasteiger partial charge in [-0.15, -0.1) is 0 Å². The Kier molecular flexibility index (Phi) is 8.77. The predicted octanol–water partition coefficient (Wildman–Crippen LogP) is 5.90. The summed E-state index contributed by atoms with van der Waals surface area (Å²) >= 11 is 0. The molecule has 0 aliphatic rings. The van der Waals surface area contributed by atoms with E-state index < -0.39 is 0 Å². The molecule has 0 saturated heterocycles. The molecule has 2 N–H and O–H groups in total. The highest BCUT2D eigenvalue weighted by atomic mass is 15.2. The summed E-state index contributed by atoms with van der Waals surface area (Å²) in [4.78, 5) is 18.6. The second-order valence-corrected chi connectivity index (χ2v) is 8.32. The molecule has 3 rings (SSSR count). The van der Waals surface area contributed by atoms with Gasteiger partial charge in [0.1, 0.15) is 0 Å². The van der Waals surface area contributed by atoms with Crippen molar-refractivity contribution in [1.82, 2.24) is 24.5 Å². The van der Waals surface area contributed by atoms with E-state index in [0.29, 0.717) is 24.5 Å². The van der Waals surface area contributed by atoms with Crippen LogP contribution in [0.5, 0.6) is 0 Å². The third-order valence-electron chi connectivity index (χ3n) is 5.34. The average Bonchev–Trinajstić information content (AvgIpc) is 3.17. The number of imidazole rings is 1. The van der Waals surface area contributed by atoms with E-state index in [1.807, 2.05) is 33.3 Å². The van der Waals surface area contributed by atoms with Crippen molar-refractivity contribution < 1.29 is 0 Å². The van der Waals surface area contributed by atoms with Crippen LogP contribution in [-0.2, 0) is 6.54 Å². The fourth-order valence-electron chi connectivity index (χ4n) is 3.48. The average molecular weight is 426 g/mol. The molecule has 0 saturated carbocycles. The first kappa shape index (κ1) is 24.6. The van der Waals surface area contributed by atoms with Crippen LogP contribution in [0.25, 0.3) is 11.2 Å². The molecule has 0 aromatic carbocycles. The topological polar surface area (TPSA) is 80.5 Å². The number of aromatic nitrogens is 5. The van der Waals surface area contributed by atoms with Crippen molar-refractivity contribution in [3.8, 4) is 0 Å². The van der Waals surface area contributed by atoms with Crippen molar-refractivity contribution in [1.29, 1.82) is 0 Å². The molecule has 7 heteroatoms. The zero-order chi connectivity index (χ0) is 23.1. The first-order chi connectivity index (χ1) is 14.8. The van der Waals surface area contributed by atoms with Gasteiger partial charge in [-0.05, 0) is 57.2 Å². The second kappa shape index (κ2) is 11.1. The molecular weight excluding hydrogens is 386 g/mol. The summed E-state index contributed by atoms with van der Waals surface area (Å²) in [5, 5.41) is 6.99. The Morgan fingerprint density at radius 1 is 1.03 bits per heavy atom. The minimum absolute atomic E-state index is 0.270. The zero-order valence-electron chi connectivity index (χ0n) is 20.6. The molecule has 3 aromatic heterocycles. The molecule has 0 bridgehead atoms. The second-order valence-electron chi connectivity index (χ2n) is 8.32. The summed E-state index contributed by atoms with van der Waals surface area (Å²) in [5.41, 5.74) is 5.02. The smallest absolute Gasteiger partial charge is 0.227 e. The summed E-state index contributed by atoms with van der Waals surface area (Å²) < 4.78 is 2.09. The highest BCUT2D eigenvalue weighted by molar-refractivity contribution is 5.84. The van der Waals surface area contributed by atoms with Crippen molar-refractivity contribution in [2.75, 3.05) is 10.6 Å². The van der Waals surface area contributed by atoms with Crippen LogP contribution < -0.4 is 10.6 Å². The number of hydrogen-bond acceptors (Lipinski definition) is 6. The van der Waals surface area contributed by atoms with E-state index in [0.717, 1.165) is 34.7 Å². The number of pyridine rings is 1. The van der Waals surface area contributed by atoms with Gasteiger partial charge in [0.25, 0.3) is 0 Å². The van der Waals surface area contributed by atoms with Crippen LogP contribution in [0.4, 0.5) is 11.8 Å². The molecular formula is C24H39N7. The Labute approximate surface area is 187 Å². The van der Waals surface area contributed by atoms with E-state index in [-0.39, 0.29) is 6.04 Å².